The van der Waals surface area contributed by atoms with Crippen molar-refractivity contribution >= 4 is 45.6 Å². The highest BCUT2D eigenvalue weighted by Crippen LogP contribution is 2.30. The van der Waals surface area contributed by atoms with E-state index in [0.717, 1.165) is 10.6 Å². The van der Waals surface area contributed by atoms with Crippen molar-refractivity contribution in [2.45, 2.75) is 33.1 Å². The Kier molecular flexibility index (Phi) is 5.06. The molecular weight excluding hydrogens is 360 g/mol. The highest BCUT2D eigenvalue weighted by atomic mass is 35.5. The predicted molar refractivity (Wildman–Crippen MR) is 99.3 cm³/mol. The summed E-state index contributed by atoms with van der Waals surface area (Å²) in [5.74, 6) is -0.447. The summed E-state index contributed by atoms with van der Waals surface area (Å²) in [5.41, 5.74) is 1.66. The SMILES string of the molecule is Cc1ccc(N2C[C@H](C(=O)Nc3nnc(C(C)C)s3)CC2=O)cc1Cl. The van der Waals surface area contributed by atoms with E-state index in [1.807, 2.05) is 32.9 Å². The molecule has 6 nitrogen and oxygen atoms in total. The zero-order valence-electron chi connectivity index (χ0n) is 14.2. The molecule has 0 unspecified atom stereocenters. The van der Waals surface area contributed by atoms with E-state index in [-0.39, 0.29) is 24.2 Å². The molecule has 1 aliphatic heterocycles. The lowest BCUT2D eigenvalue weighted by Gasteiger charge is -2.17. The van der Waals surface area contributed by atoms with E-state index in [2.05, 4.69) is 15.5 Å². The fraction of sp³-hybridized carbons (Fsp3) is 0.412. The molecule has 1 N–H and O–H groups in total. The number of anilines is 2. The predicted octanol–water partition coefficient (Wildman–Crippen LogP) is 3.61. The summed E-state index contributed by atoms with van der Waals surface area (Å²) >= 11 is 7.50. The lowest BCUT2D eigenvalue weighted by atomic mass is 10.1. The maximum atomic E-state index is 12.5. The van der Waals surface area contributed by atoms with Gasteiger partial charge in [-0.2, -0.15) is 0 Å². The minimum atomic E-state index is -0.418. The number of aryl methyl sites for hydroxylation is 1. The van der Waals surface area contributed by atoms with E-state index < -0.39 is 5.92 Å². The van der Waals surface area contributed by atoms with Crippen LogP contribution in [0.4, 0.5) is 10.8 Å². The highest BCUT2D eigenvalue weighted by Gasteiger charge is 2.35. The van der Waals surface area contributed by atoms with E-state index in [0.29, 0.717) is 22.4 Å². The lowest BCUT2D eigenvalue weighted by Crippen LogP contribution is -2.28. The number of hydrogen-bond donors (Lipinski definition) is 1. The molecule has 8 heteroatoms. The number of nitrogens with zero attached hydrogens (tertiary/aromatic N) is 3. The standard InChI is InChI=1S/C17H19ClN4O2S/c1-9(2)16-20-21-17(25-16)19-15(24)11-6-14(23)22(8-11)12-5-4-10(3)13(18)7-12/h4-5,7,9,11H,6,8H2,1-3H3,(H,19,21,24)/t11-/m1/s1. The molecule has 2 heterocycles. The van der Waals surface area contributed by atoms with E-state index >= 15 is 0 Å². The molecule has 0 radical (unpaired) electrons. The second kappa shape index (κ2) is 7.09. The van der Waals surface area contributed by atoms with Crippen molar-refractivity contribution < 1.29 is 9.59 Å². The number of aromatic nitrogens is 2. The van der Waals surface area contributed by atoms with Gasteiger partial charge in [0.15, 0.2) is 0 Å². The Balaban J connectivity index is 1.68. The first-order valence-electron chi connectivity index (χ1n) is 8.06. The second-order valence-electron chi connectivity index (χ2n) is 6.43. The number of carbonyl (C=O) groups excluding carboxylic acids is 2. The maximum absolute atomic E-state index is 12.5. The first-order chi connectivity index (χ1) is 11.8. The van der Waals surface area contributed by atoms with Crippen LogP contribution in [0.25, 0.3) is 0 Å². The summed E-state index contributed by atoms with van der Waals surface area (Å²) in [4.78, 5) is 26.4. The van der Waals surface area contributed by atoms with Gasteiger partial charge in [0.05, 0.1) is 5.92 Å². The Labute approximate surface area is 155 Å². The number of amides is 2. The van der Waals surface area contributed by atoms with Crippen LogP contribution in [0.3, 0.4) is 0 Å². The van der Waals surface area contributed by atoms with Crippen molar-refractivity contribution in [3.63, 3.8) is 0 Å². The van der Waals surface area contributed by atoms with Crippen molar-refractivity contribution in [1.82, 2.24) is 10.2 Å². The van der Waals surface area contributed by atoms with Gasteiger partial charge in [0.2, 0.25) is 16.9 Å². The Hall–Kier alpha value is -1.99. The topological polar surface area (TPSA) is 75.2 Å². The van der Waals surface area contributed by atoms with Gasteiger partial charge in [0, 0.05) is 29.6 Å². The van der Waals surface area contributed by atoms with E-state index in [9.17, 15) is 9.59 Å². The Bertz CT molecular complexity index is 821. The van der Waals surface area contributed by atoms with Gasteiger partial charge in [-0.05, 0) is 24.6 Å². The molecule has 0 spiro atoms. The molecule has 0 bridgehead atoms. The summed E-state index contributed by atoms with van der Waals surface area (Å²) in [5, 5.41) is 12.8. The number of rotatable bonds is 4. The molecule has 0 saturated carbocycles. The first-order valence-corrected chi connectivity index (χ1v) is 9.25. The van der Waals surface area contributed by atoms with Gasteiger partial charge in [0.25, 0.3) is 0 Å². The average Bonchev–Trinajstić information content (AvgIpc) is 3.17. The van der Waals surface area contributed by atoms with Crippen LogP contribution in [0.5, 0.6) is 0 Å². The summed E-state index contributed by atoms with van der Waals surface area (Å²) in [6, 6.07) is 5.47. The van der Waals surface area contributed by atoms with E-state index in [1.165, 1.54) is 11.3 Å². The summed E-state index contributed by atoms with van der Waals surface area (Å²) in [6.07, 6.45) is 0.174. The number of halogens is 1. The van der Waals surface area contributed by atoms with Crippen LogP contribution in [0.15, 0.2) is 18.2 Å². The van der Waals surface area contributed by atoms with Crippen LogP contribution in [0.1, 0.15) is 36.8 Å². The van der Waals surface area contributed by atoms with Gasteiger partial charge in [-0.15, -0.1) is 10.2 Å². The molecule has 1 fully saturated rings. The van der Waals surface area contributed by atoms with Crippen LogP contribution in [0.2, 0.25) is 5.02 Å². The average molecular weight is 379 g/mol. The minimum absolute atomic E-state index is 0.0831. The molecule has 0 aliphatic carbocycles. The van der Waals surface area contributed by atoms with Crippen LogP contribution >= 0.6 is 22.9 Å². The third-order valence-electron chi connectivity index (χ3n) is 4.13. The summed E-state index contributed by atoms with van der Waals surface area (Å²) < 4.78 is 0. The van der Waals surface area contributed by atoms with Gasteiger partial charge < -0.3 is 10.2 Å². The normalized spacial score (nSPS) is 17.4. The molecule has 1 aromatic heterocycles. The molecular formula is C17H19ClN4O2S. The molecule has 1 saturated heterocycles. The highest BCUT2D eigenvalue weighted by molar-refractivity contribution is 7.15. The lowest BCUT2D eigenvalue weighted by molar-refractivity contribution is -0.122. The van der Waals surface area contributed by atoms with Crippen molar-refractivity contribution in [2.24, 2.45) is 5.92 Å². The maximum Gasteiger partial charge on any atom is 0.231 e. The van der Waals surface area contributed by atoms with Crippen molar-refractivity contribution in [3.8, 4) is 0 Å². The minimum Gasteiger partial charge on any atom is -0.312 e. The van der Waals surface area contributed by atoms with Crippen LogP contribution in [0, 0.1) is 12.8 Å². The molecule has 2 amide bonds. The number of carbonyl (C=O) groups is 2. The number of nitrogens with one attached hydrogen (secondary N) is 1. The summed E-state index contributed by atoms with van der Waals surface area (Å²) in [6.45, 7) is 6.28. The molecule has 1 aliphatic rings. The Morgan fingerprint density at radius 1 is 1.40 bits per heavy atom. The molecule has 1 aromatic carbocycles. The van der Waals surface area contributed by atoms with Crippen LogP contribution in [-0.4, -0.2) is 28.6 Å². The fourth-order valence-electron chi connectivity index (χ4n) is 2.61. The van der Waals surface area contributed by atoms with Crippen LogP contribution in [-0.2, 0) is 9.59 Å². The monoisotopic (exact) mass is 378 g/mol. The van der Waals surface area contributed by atoms with Gasteiger partial charge in [-0.25, -0.2) is 0 Å². The fourth-order valence-corrected chi connectivity index (χ4v) is 3.53. The van der Waals surface area contributed by atoms with E-state index in [4.69, 9.17) is 11.6 Å². The molecule has 1 atom stereocenters. The van der Waals surface area contributed by atoms with Gasteiger partial charge in [-0.3, -0.25) is 9.59 Å². The van der Waals surface area contributed by atoms with Gasteiger partial charge in [0.1, 0.15) is 5.01 Å². The first kappa shape index (κ1) is 17.8. The Morgan fingerprint density at radius 2 is 2.16 bits per heavy atom. The van der Waals surface area contributed by atoms with Gasteiger partial charge >= 0.3 is 0 Å². The number of benzene rings is 1. The number of hydrogen-bond acceptors (Lipinski definition) is 5. The second-order valence-corrected chi connectivity index (χ2v) is 7.84. The largest absolute Gasteiger partial charge is 0.312 e. The summed E-state index contributed by atoms with van der Waals surface area (Å²) in [7, 11) is 0. The third-order valence-corrected chi connectivity index (χ3v) is 5.67. The van der Waals surface area contributed by atoms with Crippen molar-refractivity contribution in [3.05, 3.63) is 33.8 Å². The van der Waals surface area contributed by atoms with Crippen molar-refractivity contribution in [2.75, 3.05) is 16.8 Å². The van der Waals surface area contributed by atoms with Crippen LogP contribution < -0.4 is 10.2 Å². The van der Waals surface area contributed by atoms with E-state index in [1.54, 1.807) is 11.0 Å². The van der Waals surface area contributed by atoms with Gasteiger partial charge in [-0.1, -0.05) is 42.9 Å². The quantitative estimate of drug-likeness (QED) is 0.881. The molecule has 3 rings (SSSR count). The smallest absolute Gasteiger partial charge is 0.231 e. The third kappa shape index (κ3) is 3.82. The van der Waals surface area contributed by atoms with Crippen molar-refractivity contribution in [1.29, 1.82) is 0 Å². The molecule has 25 heavy (non-hydrogen) atoms. The molecule has 2 aromatic rings. The Morgan fingerprint density at radius 3 is 2.80 bits per heavy atom. The zero-order valence-corrected chi connectivity index (χ0v) is 15.8. The molecule has 132 valence electrons. The zero-order chi connectivity index (χ0) is 18.1.